The lowest BCUT2D eigenvalue weighted by atomic mass is 10.3. The van der Waals surface area contributed by atoms with Crippen molar-refractivity contribution in [3.63, 3.8) is 0 Å². The summed E-state index contributed by atoms with van der Waals surface area (Å²) in [5.74, 6) is 0. The Morgan fingerprint density at radius 3 is 1.32 bits per heavy atom. The maximum Gasteiger partial charge on any atom is 0.668 e. The Morgan fingerprint density at radius 2 is 0.964 bits per heavy atom. The highest BCUT2D eigenvalue weighted by atomic mass is 31.1. The van der Waals surface area contributed by atoms with Gasteiger partial charge in [-0.05, 0) is 39.4 Å². The van der Waals surface area contributed by atoms with Crippen LogP contribution in [0.5, 0.6) is 0 Å². The molecule has 28 heavy (non-hydrogen) atoms. The van der Waals surface area contributed by atoms with Crippen LogP contribution in [0.2, 0.25) is 0 Å². The van der Waals surface area contributed by atoms with Gasteiger partial charge in [-0.2, -0.15) is 0 Å². The van der Waals surface area contributed by atoms with Crippen molar-refractivity contribution in [2.45, 2.75) is 0 Å². The number of hydrogen-bond acceptors (Lipinski definition) is 4. The van der Waals surface area contributed by atoms with E-state index in [9.17, 15) is 0 Å². The van der Waals surface area contributed by atoms with Gasteiger partial charge < -0.3 is 17.4 Å². The molecule has 0 radical (unpaired) electrons. The van der Waals surface area contributed by atoms with E-state index in [1.165, 1.54) is 31.5 Å². The zero-order valence-corrected chi connectivity index (χ0v) is 18.9. The molecule has 3 heterocycles. The van der Waals surface area contributed by atoms with Gasteiger partial charge in [-0.1, -0.05) is 72.8 Å². The van der Waals surface area contributed by atoms with Crippen molar-refractivity contribution in [3.05, 3.63) is 72.8 Å². The van der Waals surface area contributed by atoms with Crippen molar-refractivity contribution < 1.29 is 17.4 Å². The van der Waals surface area contributed by atoms with Crippen molar-refractivity contribution >= 4 is 56.8 Å². The molecular weight excluding hydrogens is 403 g/mol. The zero-order chi connectivity index (χ0) is 19.4. The summed E-state index contributed by atoms with van der Waals surface area (Å²) in [4.78, 5) is 0. The predicted molar refractivity (Wildman–Crippen MR) is 118 cm³/mol. The summed E-state index contributed by atoms with van der Waals surface area (Å²) in [5.41, 5.74) is 0. The average molecular weight is 425 g/mol. The van der Waals surface area contributed by atoms with E-state index in [1.54, 1.807) is 21.3 Å². The summed E-state index contributed by atoms with van der Waals surface area (Å²) in [6, 6.07) is 26.1. The molecule has 3 aromatic rings. The molecule has 3 aromatic carbocycles. The van der Waals surface area contributed by atoms with Crippen LogP contribution in [0, 0.1) is 0 Å². The van der Waals surface area contributed by atoms with Crippen LogP contribution in [0.3, 0.4) is 0 Å². The van der Waals surface area contributed by atoms with Crippen LogP contribution >= 0.6 is 7.92 Å². The zero-order valence-electron chi connectivity index (χ0n) is 16.0. The van der Waals surface area contributed by atoms with E-state index in [4.69, 9.17) is 17.4 Å². The average Bonchev–Trinajstić information content (AvgIpc) is 2.78. The summed E-state index contributed by atoms with van der Waals surface area (Å²) in [6.45, 7) is 0. The summed E-state index contributed by atoms with van der Waals surface area (Å²) >= 11 is 0. The molecule has 0 aromatic heterocycles. The van der Waals surface area contributed by atoms with Crippen molar-refractivity contribution in [1.29, 1.82) is 0 Å². The molecule has 0 N–H and O–H groups in total. The second-order valence-corrected chi connectivity index (χ2v) is 14.9. The van der Waals surface area contributed by atoms with Crippen molar-refractivity contribution in [2.24, 2.45) is 0 Å². The Balaban J connectivity index is 1.89. The van der Waals surface area contributed by atoms with Gasteiger partial charge in [0.1, 0.15) is 0 Å². The Bertz CT molecular complexity index is 930. The van der Waals surface area contributed by atoms with Gasteiger partial charge in [-0.25, -0.2) is 0 Å². The SMILES string of the molecule is CO[Si](OC)(OC)O[Si]12c3ccccc3P(c3ccccc31)c1ccccc12. The van der Waals surface area contributed by atoms with Gasteiger partial charge in [0.25, 0.3) is 8.32 Å². The highest BCUT2D eigenvalue weighted by Gasteiger charge is 2.61. The van der Waals surface area contributed by atoms with E-state index >= 15 is 0 Å². The van der Waals surface area contributed by atoms with Gasteiger partial charge in [0, 0.05) is 21.3 Å². The predicted octanol–water partition coefficient (Wildman–Crippen LogP) is 0.430. The molecule has 0 fully saturated rings. The molecule has 0 amide bonds. The third-order valence-electron chi connectivity index (χ3n) is 5.60. The standard InChI is InChI=1S/C21H21O4PSi2/c1-22-28(23-2,24-3)25-27-19-13-7-4-10-16(19)26(17-11-5-8-14-20(17)27)18-12-6-9-15-21(18)27/h4-15H,1-3H3. The van der Waals surface area contributed by atoms with E-state index in [-0.39, 0.29) is 0 Å². The second-order valence-electron chi connectivity index (χ2n) is 6.78. The highest BCUT2D eigenvalue weighted by molar-refractivity contribution is 7.83. The quantitative estimate of drug-likeness (QED) is 0.440. The smallest absolute Gasteiger partial charge is 0.381 e. The first-order valence-electron chi connectivity index (χ1n) is 9.15. The van der Waals surface area contributed by atoms with Gasteiger partial charge in [0.2, 0.25) is 0 Å². The molecule has 0 atom stereocenters. The molecule has 0 aliphatic carbocycles. The molecule has 0 saturated heterocycles. The maximum atomic E-state index is 7.00. The van der Waals surface area contributed by atoms with Crippen molar-refractivity contribution in [2.75, 3.05) is 21.3 Å². The molecule has 2 bridgehead atoms. The fourth-order valence-corrected chi connectivity index (χ4v) is 16.8. The summed E-state index contributed by atoms with van der Waals surface area (Å²) < 4.78 is 24.2. The van der Waals surface area contributed by atoms with Gasteiger partial charge in [0.15, 0.2) is 0 Å². The van der Waals surface area contributed by atoms with Crippen LogP contribution in [0.15, 0.2) is 72.8 Å². The fraction of sp³-hybridized carbons (Fsp3) is 0.143. The lowest BCUT2D eigenvalue weighted by Crippen LogP contribution is -2.85. The minimum atomic E-state index is -3.31. The first-order valence-corrected chi connectivity index (χ1v) is 14.0. The van der Waals surface area contributed by atoms with Gasteiger partial charge in [-0.3, -0.25) is 0 Å². The van der Waals surface area contributed by atoms with Gasteiger partial charge >= 0.3 is 9.05 Å². The Kier molecular flexibility index (Phi) is 4.41. The minimum absolute atomic E-state index is 0.590. The summed E-state index contributed by atoms with van der Waals surface area (Å²) in [5, 5.41) is 8.03. The monoisotopic (exact) mass is 424 g/mol. The van der Waals surface area contributed by atoms with E-state index < -0.39 is 25.3 Å². The highest BCUT2D eigenvalue weighted by Crippen LogP contribution is 2.40. The minimum Gasteiger partial charge on any atom is -0.381 e. The van der Waals surface area contributed by atoms with Crippen molar-refractivity contribution in [1.82, 2.24) is 0 Å². The lowest BCUT2D eigenvalue weighted by molar-refractivity contribution is 0.0503. The molecule has 0 saturated carbocycles. The Morgan fingerprint density at radius 1 is 0.607 bits per heavy atom. The van der Waals surface area contributed by atoms with Crippen LogP contribution in [0.25, 0.3) is 0 Å². The molecule has 142 valence electrons. The number of benzene rings is 3. The molecule has 3 aliphatic heterocycles. The molecule has 0 unspecified atom stereocenters. The van der Waals surface area contributed by atoms with Gasteiger partial charge in [-0.15, -0.1) is 0 Å². The third kappa shape index (κ3) is 2.28. The normalized spacial score (nSPS) is 21.8. The molecule has 0 spiro atoms. The lowest BCUT2D eigenvalue weighted by Gasteiger charge is -2.49. The molecule has 7 heteroatoms. The fourth-order valence-electron chi connectivity index (χ4n) is 4.45. The molecular formula is C21H21O4PSi2. The third-order valence-corrected chi connectivity index (χ3v) is 16.2. The van der Waals surface area contributed by atoms with E-state index in [0.29, 0.717) is 0 Å². The number of rotatable bonds is 5. The first kappa shape index (κ1) is 18.4. The van der Waals surface area contributed by atoms with Crippen LogP contribution in [0.1, 0.15) is 0 Å². The summed E-state index contributed by atoms with van der Waals surface area (Å²) in [7, 11) is -1.94. The second kappa shape index (κ2) is 6.71. The molecule has 4 nitrogen and oxygen atoms in total. The Hall–Kier alpha value is -1.64. The first-order chi connectivity index (χ1) is 13.7. The van der Waals surface area contributed by atoms with E-state index in [2.05, 4.69) is 72.8 Å². The van der Waals surface area contributed by atoms with Crippen LogP contribution in [-0.4, -0.2) is 38.7 Å². The van der Waals surface area contributed by atoms with Crippen LogP contribution in [0.4, 0.5) is 0 Å². The summed E-state index contributed by atoms with van der Waals surface area (Å²) in [6.07, 6.45) is 0. The largest absolute Gasteiger partial charge is 0.668 e. The Labute approximate surface area is 168 Å². The topological polar surface area (TPSA) is 36.9 Å². The van der Waals surface area contributed by atoms with Crippen molar-refractivity contribution in [3.8, 4) is 0 Å². The van der Waals surface area contributed by atoms with Crippen LogP contribution in [-0.2, 0) is 17.4 Å². The van der Waals surface area contributed by atoms with Gasteiger partial charge in [0.05, 0.1) is 0 Å². The molecule has 3 aliphatic rings. The van der Waals surface area contributed by atoms with Crippen LogP contribution < -0.4 is 31.5 Å². The van der Waals surface area contributed by atoms with E-state index in [1.807, 2.05) is 0 Å². The number of hydrogen-bond donors (Lipinski definition) is 0. The van der Waals surface area contributed by atoms with E-state index in [0.717, 1.165) is 0 Å². The maximum absolute atomic E-state index is 7.00. The molecule has 6 rings (SSSR count).